The van der Waals surface area contributed by atoms with Crippen LogP contribution in [-0.2, 0) is 0 Å². The normalized spacial score (nSPS) is 8.60. The van der Waals surface area contributed by atoms with Gasteiger partial charge in [-0.1, -0.05) is 23.7 Å². The Labute approximate surface area is 87.3 Å². The van der Waals surface area contributed by atoms with Crippen LogP contribution in [-0.4, -0.2) is 34.7 Å². The van der Waals surface area contributed by atoms with Crippen molar-refractivity contribution in [2.24, 2.45) is 0 Å². The number of hydrogen-bond donors (Lipinski definition) is 1. The molecule has 0 amide bonds. The van der Waals surface area contributed by atoms with Gasteiger partial charge in [0.15, 0.2) is 0 Å². The number of phenolic OH excluding ortho intramolecular Hbond substituents is 1. The third-order valence-corrected chi connectivity index (χ3v) is 1.66. The molecule has 49 valence electrons. The van der Waals surface area contributed by atoms with Crippen LogP contribution in [0.4, 0.5) is 0 Å². The van der Waals surface area contributed by atoms with E-state index < -0.39 is 0 Å². The third kappa shape index (κ3) is 2.17. The molecule has 0 heterocycles. The fourth-order valence-electron chi connectivity index (χ4n) is 0.632. The Morgan fingerprint density at radius 1 is 1.40 bits per heavy atom. The summed E-state index contributed by atoms with van der Waals surface area (Å²) in [6.45, 7) is 1.85. The van der Waals surface area contributed by atoms with Crippen LogP contribution in [0.25, 0.3) is 0 Å². The first-order chi connectivity index (χ1) is 4.22. The minimum atomic E-state index is 0. The quantitative estimate of drug-likeness (QED) is 0.583. The van der Waals surface area contributed by atoms with Gasteiger partial charge in [-0.25, -0.2) is 0 Å². The molecule has 1 radical (unpaired) electrons. The maximum absolute atomic E-state index is 8.97. The first-order valence-corrected chi connectivity index (χ1v) is 3.03. The first-order valence-electron chi connectivity index (χ1n) is 2.66. The number of benzene rings is 1. The summed E-state index contributed by atoms with van der Waals surface area (Å²) in [4.78, 5) is 0. The van der Waals surface area contributed by atoms with Gasteiger partial charge < -0.3 is 5.11 Å². The van der Waals surface area contributed by atoms with E-state index in [2.05, 4.69) is 0 Å². The molecular formula is C7H7ClNaO. The maximum atomic E-state index is 8.97. The second kappa shape index (κ2) is 4.24. The largest absolute Gasteiger partial charge is 0.506 e. The van der Waals surface area contributed by atoms with Crippen LogP contribution < -0.4 is 0 Å². The standard InChI is InChI=1S/C7H7ClO.Na/c1-5-3-2-4-6(9)7(5)8;/h2-4,9H,1H3;. The van der Waals surface area contributed by atoms with Crippen molar-refractivity contribution in [3.63, 3.8) is 0 Å². The van der Waals surface area contributed by atoms with Crippen molar-refractivity contribution in [1.29, 1.82) is 0 Å². The summed E-state index contributed by atoms with van der Waals surface area (Å²) in [5, 5.41) is 9.41. The van der Waals surface area contributed by atoms with Crippen LogP contribution in [0.5, 0.6) is 5.75 Å². The van der Waals surface area contributed by atoms with Crippen molar-refractivity contribution in [3.05, 3.63) is 28.8 Å². The minimum absolute atomic E-state index is 0. The van der Waals surface area contributed by atoms with Crippen molar-refractivity contribution < 1.29 is 5.11 Å². The molecule has 0 aliphatic carbocycles. The molecule has 1 nitrogen and oxygen atoms in total. The van der Waals surface area contributed by atoms with Gasteiger partial charge in [0, 0.05) is 29.6 Å². The fourth-order valence-corrected chi connectivity index (χ4v) is 0.758. The topological polar surface area (TPSA) is 20.2 Å². The van der Waals surface area contributed by atoms with Crippen LogP contribution in [0.2, 0.25) is 5.02 Å². The smallest absolute Gasteiger partial charge is 0.134 e. The molecular weight excluding hydrogens is 159 g/mol. The fraction of sp³-hybridized carbons (Fsp3) is 0.143. The second-order valence-electron chi connectivity index (χ2n) is 1.91. The van der Waals surface area contributed by atoms with E-state index in [1.165, 1.54) is 0 Å². The third-order valence-electron chi connectivity index (χ3n) is 1.17. The van der Waals surface area contributed by atoms with Gasteiger partial charge >= 0.3 is 0 Å². The van der Waals surface area contributed by atoms with Crippen LogP contribution in [0.1, 0.15) is 5.56 Å². The summed E-state index contributed by atoms with van der Waals surface area (Å²) in [5.74, 6) is 0.150. The van der Waals surface area contributed by atoms with Crippen LogP contribution in [0, 0.1) is 6.92 Å². The molecule has 1 aromatic rings. The molecule has 3 heteroatoms. The van der Waals surface area contributed by atoms with E-state index in [1.807, 2.05) is 13.0 Å². The monoisotopic (exact) mass is 165 g/mol. The zero-order chi connectivity index (χ0) is 6.85. The van der Waals surface area contributed by atoms with Gasteiger partial charge in [0.05, 0.1) is 5.02 Å². The molecule has 0 aromatic heterocycles. The predicted molar refractivity (Wildman–Crippen MR) is 43.6 cm³/mol. The summed E-state index contributed by atoms with van der Waals surface area (Å²) >= 11 is 5.63. The Bertz CT molecular complexity index is 205. The summed E-state index contributed by atoms with van der Waals surface area (Å²) < 4.78 is 0. The van der Waals surface area contributed by atoms with E-state index >= 15 is 0 Å². The molecule has 1 rings (SSSR count). The minimum Gasteiger partial charge on any atom is -0.506 e. The molecule has 0 saturated heterocycles. The summed E-state index contributed by atoms with van der Waals surface area (Å²) in [7, 11) is 0. The van der Waals surface area contributed by atoms with Crippen LogP contribution >= 0.6 is 11.6 Å². The first kappa shape index (κ1) is 10.3. The average molecular weight is 166 g/mol. The Balaban J connectivity index is 0.000000810. The Morgan fingerprint density at radius 3 is 2.40 bits per heavy atom. The number of aromatic hydroxyl groups is 1. The Kier molecular flexibility index (Phi) is 4.37. The van der Waals surface area contributed by atoms with E-state index in [1.54, 1.807) is 12.1 Å². The molecule has 0 atom stereocenters. The second-order valence-corrected chi connectivity index (χ2v) is 2.29. The van der Waals surface area contributed by atoms with E-state index in [0.29, 0.717) is 5.02 Å². The summed E-state index contributed by atoms with van der Waals surface area (Å²) in [5.41, 5.74) is 0.900. The van der Waals surface area contributed by atoms with Crippen molar-refractivity contribution in [1.82, 2.24) is 0 Å². The molecule has 0 bridgehead atoms. The number of hydrogen-bond acceptors (Lipinski definition) is 1. The van der Waals surface area contributed by atoms with Gasteiger partial charge in [0.25, 0.3) is 0 Å². The van der Waals surface area contributed by atoms with E-state index in [9.17, 15) is 0 Å². The number of halogens is 1. The zero-order valence-corrected chi connectivity index (χ0v) is 8.81. The van der Waals surface area contributed by atoms with Gasteiger partial charge in [0.1, 0.15) is 5.75 Å². The summed E-state index contributed by atoms with van der Waals surface area (Å²) in [6, 6.07) is 5.17. The van der Waals surface area contributed by atoms with Gasteiger partial charge in [-0.05, 0) is 18.6 Å². The van der Waals surface area contributed by atoms with Crippen molar-refractivity contribution in [2.75, 3.05) is 0 Å². The van der Waals surface area contributed by atoms with Crippen molar-refractivity contribution >= 4 is 41.2 Å². The SMILES string of the molecule is Cc1cccc(O)c1Cl.[Na]. The summed E-state index contributed by atoms with van der Waals surface area (Å²) in [6.07, 6.45) is 0. The number of aryl methyl sites for hydroxylation is 1. The molecule has 0 spiro atoms. The van der Waals surface area contributed by atoms with Crippen LogP contribution in [0.15, 0.2) is 18.2 Å². The maximum Gasteiger partial charge on any atom is 0.134 e. The molecule has 0 aliphatic rings. The van der Waals surface area contributed by atoms with Crippen molar-refractivity contribution in [2.45, 2.75) is 6.92 Å². The molecule has 0 fully saturated rings. The zero-order valence-electron chi connectivity index (χ0n) is 6.06. The predicted octanol–water partition coefficient (Wildman–Crippen LogP) is 1.97. The Hall–Kier alpha value is 0.310. The van der Waals surface area contributed by atoms with Crippen molar-refractivity contribution in [3.8, 4) is 5.75 Å². The Morgan fingerprint density at radius 2 is 2.00 bits per heavy atom. The molecule has 0 unspecified atom stereocenters. The van der Waals surface area contributed by atoms with Gasteiger partial charge in [-0.3, -0.25) is 0 Å². The van der Waals surface area contributed by atoms with Gasteiger partial charge in [-0.15, -0.1) is 0 Å². The van der Waals surface area contributed by atoms with Gasteiger partial charge in [0.2, 0.25) is 0 Å². The average Bonchev–Trinajstić information content (AvgIpc) is 1.83. The van der Waals surface area contributed by atoms with Gasteiger partial charge in [-0.2, -0.15) is 0 Å². The van der Waals surface area contributed by atoms with E-state index in [4.69, 9.17) is 16.7 Å². The number of rotatable bonds is 0. The van der Waals surface area contributed by atoms with Crippen LogP contribution in [0.3, 0.4) is 0 Å². The number of phenols is 1. The molecule has 1 aromatic carbocycles. The molecule has 1 N–H and O–H groups in total. The molecule has 0 aliphatic heterocycles. The molecule has 10 heavy (non-hydrogen) atoms. The van der Waals surface area contributed by atoms with E-state index in [-0.39, 0.29) is 35.3 Å². The molecule has 0 saturated carbocycles. The van der Waals surface area contributed by atoms with E-state index in [0.717, 1.165) is 5.56 Å².